The molecule has 1 saturated carbocycles. The number of ether oxygens (including phenoxy) is 3. The molecule has 0 aromatic carbocycles. The van der Waals surface area contributed by atoms with Crippen molar-refractivity contribution in [3.05, 3.63) is 0 Å². The van der Waals surface area contributed by atoms with Crippen molar-refractivity contribution in [1.82, 2.24) is 15.1 Å². The van der Waals surface area contributed by atoms with Crippen LogP contribution in [0.1, 0.15) is 73.1 Å². The molecule has 44 heavy (non-hydrogen) atoms. The summed E-state index contributed by atoms with van der Waals surface area (Å²) in [5.41, 5.74) is -1.60. The quantitative estimate of drug-likeness (QED) is 0.389. The van der Waals surface area contributed by atoms with Gasteiger partial charge in [0.15, 0.2) is 6.29 Å². The van der Waals surface area contributed by atoms with Gasteiger partial charge in [-0.2, -0.15) is 0 Å². The van der Waals surface area contributed by atoms with Crippen molar-refractivity contribution in [1.29, 1.82) is 0 Å². The van der Waals surface area contributed by atoms with Crippen LogP contribution in [0.4, 0.5) is 8.78 Å². The monoisotopic (exact) mass is 633 g/mol. The van der Waals surface area contributed by atoms with Gasteiger partial charge in [0.1, 0.15) is 12.2 Å². The average molecular weight is 634 g/mol. The third-order valence-corrected chi connectivity index (χ3v) is 9.56. The van der Waals surface area contributed by atoms with Crippen molar-refractivity contribution in [2.24, 2.45) is 23.7 Å². The summed E-state index contributed by atoms with van der Waals surface area (Å²) in [6.45, 7) is 8.62. The molecule has 2 aliphatic heterocycles. The molecule has 2 saturated heterocycles. The number of hydrogen-bond acceptors (Lipinski definition) is 9. The molecule has 0 aromatic rings. The molecule has 0 unspecified atom stereocenters. The average Bonchev–Trinajstić information content (AvgIpc) is 2.92. The zero-order valence-electron chi connectivity index (χ0n) is 27.4. The van der Waals surface area contributed by atoms with Crippen LogP contribution in [0.5, 0.6) is 0 Å². The molecule has 254 valence electrons. The normalized spacial score (nSPS) is 40.0. The molecule has 11 nitrogen and oxygen atoms in total. The zero-order valence-corrected chi connectivity index (χ0v) is 27.4. The lowest BCUT2D eigenvalue weighted by molar-refractivity contribution is -0.299. The van der Waals surface area contributed by atoms with E-state index in [1.165, 1.54) is 4.90 Å². The molecule has 0 aromatic heterocycles. The van der Waals surface area contributed by atoms with E-state index >= 15 is 0 Å². The first kappa shape index (κ1) is 36.5. The largest absolute Gasteiger partial charge is 0.461 e. The zero-order chi connectivity index (χ0) is 33.1. The molecule has 3 rings (SSSR count). The molecule has 0 spiro atoms. The van der Waals surface area contributed by atoms with E-state index < -0.39 is 78.6 Å². The van der Waals surface area contributed by atoms with Gasteiger partial charge in [-0.25, -0.2) is 8.78 Å². The Bertz CT molecular complexity index is 1000. The maximum atomic E-state index is 13.8. The molecule has 0 bridgehead atoms. The molecule has 2 heterocycles. The van der Waals surface area contributed by atoms with Crippen molar-refractivity contribution < 1.29 is 47.6 Å². The van der Waals surface area contributed by atoms with E-state index in [0.29, 0.717) is 13.0 Å². The molecular weight excluding hydrogens is 580 g/mol. The summed E-state index contributed by atoms with van der Waals surface area (Å²) in [6, 6.07) is -0.292. The molecule has 3 N–H and O–H groups in total. The molecule has 0 radical (unpaired) electrons. The Morgan fingerprint density at radius 3 is 2.34 bits per heavy atom. The van der Waals surface area contributed by atoms with Crippen LogP contribution < -0.4 is 5.32 Å². The lowest BCUT2D eigenvalue weighted by Crippen LogP contribution is -2.59. The number of carbonyl (C=O) groups is 3. The second-order valence-corrected chi connectivity index (χ2v) is 14.0. The summed E-state index contributed by atoms with van der Waals surface area (Å²) >= 11 is 0. The number of esters is 1. The summed E-state index contributed by atoms with van der Waals surface area (Å²) in [4.78, 5) is 42.9. The first-order valence-electron chi connectivity index (χ1n) is 15.8. The van der Waals surface area contributed by atoms with Crippen LogP contribution in [-0.4, -0.2) is 120 Å². The van der Waals surface area contributed by atoms with Gasteiger partial charge in [-0.05, 0) is 59.5 Å². The number of nitrogens with one attached hydrogen (secondary N) is 1. The topological polar surface area (TPSA) is 138 Å². The van der Waals surface area contributed by atoms with Gasteiger partial charge in [-0.1, -0.05) is 20.8 Å². The molecule has 13 heteroatoms. The third-order valence-electron chi connectivity index (χ3n) is 9.56. The molecule has 10 atom stereocenters. The predicted octanol–water partition coefficient (Wildman–Crippen LogP) is 2.17. The Balaban J connectivity index is 2.01. The van der Waals surface area contributed by atoms with E-state index in [-0.39, 0.29) is 49.8 Å². The molecule has 3 aliphatic rings. The fraction of sp³-hybridized carbons (Fsp3) is 0.903. The first-order valence-corrected chi connectivity index (χ1v) is 15.8. The standard InChI is InChI=1S/C31H53F2N3O8/c1-17-14-30(5,41)26(44-29-24(38)22(35(6)7)13-18(2)42-29)19(3)25(20(4)27(39)34-15-23(37)36(8)16-17)43-28(40)21-9-11-31(32,33)12-10-21/h17-22,24-26,29,38,41H,9-16H2,1-8H3,(H,34,39)/t17-,18-,19+,20-,22+,24-,25+,26-,29+,30-/m1/s1. The van der Waals surface area contributed by atoms with E-state index in [9.17, 15) is 33.4 Å². The number of likely N-dealkylation sites (N-methyl/N-ethyl adjacent to an activating group) is 2. The SMILES string of the molecule is C[C@H]1CN(C)C(=O)CNC(=O)[C@H](C)[C@@H](OC(=O)C2CCC(F)(F)CC2)[C@H](C)[C@@H](O[C@@H]2O[C@H](C)C[C@H](N(C)C)[C@H]2O)[C@](C)(O)C1. The minimum absolute atomic E-state index is 0.0462. The number of hydrogen-bond donors (Lipinski definition) is 3. The van der Waals surface area contributed by atoms with Crippen LogP contribution in [0.2, 0.25) is 0 Å². The maximum absolute atomic E-state index is 13.8. The van der Waals surface area contributed by atoms with Crippen molar-refractivity contribution >= 4 is 17.8 Å². The molecule has 2 amide bonds. The van der Waals surface area contributed by atoms with Crippen LogP contribution in [-0.2, 0) is 28.6 Å². The minimum atomic E-state index is -2.83. The van der Waals surface area contributed by atoms with Crippen molar-refractivity contribution in [2.45, 2.75) is 121 Å². The number of halogens is 2. The number of aliphatic hydroxyl groups is 2. The Kier molecular flexibility index (Phi) is 12.2. The Hall–Kier alpha value is -1.93. The van der Waals surface area contributed by atoms with Crippen molar-refractivity contribution in [3.63, 3.8) is 0 Å². The van der Waals surface area contributed by atoms with Gasteiger partial charge in [0, 0.05) is 38.4 Å². The van der Waals surface area contributed by atoms with Gasteiger partial charge in [-0.15, -0.1) is 0 Å². The van der Waals surface area contributed by atoms with E-state index in [2.05, 4.69) is 5.32 Å². The van der Waals surface area contributed by atoms with Gasteiger partial charge >= 0.3 is 5.97 Å². The summed E-state index contributed by atoms with van der Waals surface area (Å²) in [6.07, 6.45) is -4.97. The maximum Gasteiger partial charge on any atom is 0.309 e. The summed E-state index contributed by atoms with van der Waals surface area (Å²) in [5, 5.41) is 25.9. The summed E-state index contributed by atoms with van der Waals surface area (Å²) in [5.74, 6) is -7.19. The fourth-order valence-electron chi connectivity index (χ4n) is 7.04. The second-order valence-electron chi connectivity index (χ2n) is 14.0. The van der Waals surface area contributed by atoms with Gasteiger partial charge in [0.2, 0.25) is 17.7 Å². The lowest BCUT2D eigenvalue weighted by Gasteiger charge is -2.47. The van der Waals surface area contributed by atoms with E-state index in [1.807, 2.05) is 32.8 Å². The number of rotatable bonds is 5. The highest BCUT2D eigenvalue weighted by Gasteiger charge is 2.49. The third kappa shape index (κ3) is 9.08. The highest BCUT2D eigenvalue weighted by Crippen LogP contribution is 2.39. The Labute approximate surface area is 259 Å². The highest BCUT2D eigenvalue weighted by atomic mass is 19.3. The van der Waals surface area contributed by atoms with Crippen LogP contribution >= 0.6 is 0 Å². The number of amides is 2. The van der Waals surface area contributed by atoms with Gasteiger partial charge in [-0.3, -0.25) is 14.4 Å². The first-order chi connectivity index (χ1) is 20.3. The highest BCUT2D eigenvalue weighted by molar-refractivity contribution is 5.86. The van der Waals surface area contributed by atoms with Crippen LogP contribution in [0, 0.1) is 23.7 Å². The van der Waals surface area contributed by atoms with Crippen LogP contribution in [0.25, 0.3) is 0 Å². The van der Waals surface area contributed by atoms with E-state index in [0.717, 1.165) is 0 Å². The van der Waals surface area contributed by atoms with Crippen molar-refractivity contribution in [2.75, 3.05) is 34.2 Å². The van der Waals surface area contributed by atoms with Crippen molar-refractivity contribution in [3.8, 4) is 0 Å². The lowest BCUT2D eigenvalue weighted by atomic mass is 9.77. The Morgan fingerprint density at radius 2 is 1.75 bits per heavy atom. The smallest absolute Gasteiger partial charge is 0.309 e. The van der Waals surface area contributed by atoms with Crippen LogP contribution in [0.15, 0.2) is 0 Å². The minimum Gasteiger partial charge on any atom is -0.461 e. The predicted molar refractivity (Wildman–Crippen MR) is 157 cm³/mol. The van der Waals surface area contributed by atoms with Gasteiger partial charge in [0.05, 0.1) is 36.2 Å². The molecule has 3 fully saturated rings. The summed E-state index contributed by atoms with van der Waals surface area (Å²) < 4.78 is 46.2. The number of aliphatic hydroxyl groups excluding tert-OH is 1. The van der Waals surface area contributed by atoms with E-state index in [4.69, 9.17) is 14.2 Å². The summed E-state index contributed by atoms with van der Waals surface area (Å²) in [7, 11) is 5.31. The van der Waals surface area contributed by atoms with E-state index in [1.54, 1.807) is 27.8 Å². The van der Waals surface area contributed by atoms with Crippen LogP contribution in [0.3, 0.4) is 0 Å². The number of nitrogens with zero attached hydrogens (tertiary/aromatic N) is 2. The Morgan fingerprint density at radius 1 is 1.14 bits per heavy atom. The number of alkyl halides is 2. The molecule has 1 aliphatic carbocycles. The second kappa shape index (κ2) is 14.7. The fourth-order valence-corrected chi connectivity index (χ4v) is 7.04. The van der Waals surface area contributed by atoms with Gasteiger partial charge < -0.3 is 39.5 Å². The molecular formula is C31H53F2N3O8. The number of carbonyl (C=O) groups excluding carboxylic acids is 3. The van der Waals surface area contributed by atoms with Gasteiger partial charge in [0.25, 0.3) is 0 Å².